The first-order chi connectivity index (χ1) is 15.6. The molecule has 1 aromatic heterocycles. The van der Waals surface area contributed by atoms with E-state index < -0.39 is 0 Å². The molecule has 1 aromatic carbocycles. The highest BCUT2D eigenvalue weighted by atomic mass is 32.2. The summed E-state index contributed by atoms with van der Waals surface area (Å²) in [6, 6.07) is 12.4. The zero-order chi connectivity index (χ0) is 22.3. The van der Waals surface area contributed by atoms with Crippen LogP contribution in [0.3, 0.4) is 0 Å². The third-order valence-electron chi connectivity index (χ3n) is 6.50. The van der Waals surface area contributed by atoms with E-state index in [1.54, 1.807) is 0 Å². The molecule has 0 spiro atoms. The number of benzene rings is 1. The van der Waals surface area contributed by atoms with Crippen LogP contribution in [-0.2, 0) is 4.79 Å². The second kappa shape index (κ2) is 11.3. The van der Waals surface area contributed by atoms with Gasteiger partial charge < -0.3 is 4.42 Å². The van der Waals surface area contributed by atoms with E-state index in [1.807, 2.05) is 23.1 Å². The fourth-order valence-electron chi connectivity index (χ4n) is 4.63. The summed E-state index contributed by atoms with van der Waals surface area (Å²) in [5.74, 6) is 1.55. The number of hydrogen-bond acceptors (Lipinski definition) is 4. The van der Waals surface area contributed by atoms with Gasteiger partial charge >= 0.3 is 0 Å². The average Bonchev–Trinajstić information content (AvgIpc) is 3.34. The second-order valence-electron chi connectivity index (χ2n) is 9.03. The van der Waals surface area contributed by atoms with Crippen LogP contribution in [0.25, 0.3) is 17.4 Å². The molecule has 0 atom stereocenters. The Morgan fingerprint density at radius 2 is 1.50 bits per heavy atom. The largest absolute Gasteiger partial charge is 0.457 e. The van der Waals surface area contributed by atoms with Crippen LogP contribution in [0.2, 0.25) is 0 Å². The Bertz CT molecular complexity index is 948. The lowest BCUT2D eigenvalue weighted by Gasteiger charge is -2.27. The first-order valence-electron chi connectivity index (χ1n) is 12.1. The number of hydrogen-bond donors (Lipinski definition) is 0. The highest BCUT2D eigenvalue weighted by Crippen LogP contribution is 2.37. The molecule has 0 bridgehead atoms. The standard InChI is InChI=1S/C27H33NO2S2/c1-20-13-15-21(16-14-20)24-18-17-23(30-24)19-25-26(29)28(27(31)32-25)22-11-9-7-5-3-2-4-6-8-10-12-22/h13-19,22H,2-12H2,1H3/b25-19-. The molecule has 2 aromatic rings. The number of nitrogens with zero attached hydrogens (tertiary/aromatic N) is 1. The van der Waals surface area contributed by atoms with Crippen molar-refractivity contribution in [2.45, 2.75) is 83.6 Å². The fourth-order valence-corrected chi connectivity index (χ4v) is 6.01. The van der Waals surface area contributed by atoms with Crippen LogP contribution in [-0.4, -0.2) is 21.2 Å². The van der Waals surface area contributed by atoms with Crippen LogP contribution in [0.4, 0.5) is 0 Å². The van der Waals surface area contributed by atoms with Crippen molar-refractivity contribution in [2.75, 3.05) is 0 Å². The predicted molar refractivity (Wildman–Crippen MR) is 138 cm³/mol. The van der Waals surface area contributed by atoms with Crippen LogP contribution in [0.15, 0.2) is 45.7 Å². The average molecular weight is 468 g/mol. The minimum Gasteiger partial charge on any atom is -0.457 e. The molecule has 0 unspecified atom stereocenters. The van der Waals surface area contributed by atoms with Gasteiger partial charge in [0.05, 0.1) is 4.91 Å². The topological polar surface area (TPSA) is 33.5 Å². The number of aryl methyl sites for hydroxylation is 1. The van der Waals surface area contributed by atoms with Gasteiger partial charge in [-0.15, -0.1) is 0 Å². The highest BCUT2D eigenvalue weighted by Gasteiger charge is 2.36. The summed E-state index contributed by atoms with van der Waals surface area (Å²) in [4.78, 5) is 15.9. The van der Waals surface area contributed by atoms with Crippen LogP contribution in [0, 0.1) is 6.92 Å². The van der Waals surface area contributed by atoms with E-state index in [9.17, 15) is 4.79 Å². The third-order valence-corrected chi connectivity index (χ3v) is 7.83. The van der Waals surface area contributed by atoms with Crippen LogP contribution >= 0.6 is 24.0 Å². The van der Waals surface area contributed by atoms with Crippen molar-refractivity contribution >= 4 is 40.3 Å². The molecule has 170 valence electrons. The van der Waals surface area contributed by atoms with E-state index in [4.69, 9.17) is 16.6 Å². The van der Waals surface area contributed by atoms with Gasteiger partial charge in [0.25, 0.3) is 5.91 Å². The molecule has 32 heavy (non-hydrogen) atoms. The summed E-state index contributed by atoms with van der Waals surface area (Å²) in [7, 11) is 0. The van der Waals surface area contributed by atoms with Crippen LogP contribution < -0.4 is 0 Å². The van der Waals surface area contributed by atoms with Crippen LogP contribution in [0.1, 0.15) is 82.0 Å². The maximum atomic E-state index is 13.3. The normalized spacial score (nSPS) is 21.0. The van der Waals surface area contributed by atoms with Gasteiger partial charge in [0.2, 0.25) is 0 Å². The van der Waals surface area contributed by atoms with Crippen molar-refractivity contribution in [1.82, 2.24) is 4.90 Å². The zero-order valence-electron chi connectivity index (χ0n) is 19.0. The molecule has 2 aliphatic rings. The lowest BCUT2D eigenvalue weighted by atomic mass is 9.97. The molecule has 2 heterocycles. The molecular formula is C27H33NO2S2. The summed E-state index contributed by atoms with van der Waals surface area (Å²) in [6.45, 7) is 2.07. The van der Waals surface area contributed by atoms with Gasteiger partial charge in [-0.3, -0.25) is 9.69 Å². The SMILES string of the molecule is Cc1ccc(-c2ccc(/C=C3\SC(=S)N(C4CCCCCCCCCCC4)C3=O)o2)cc1. The number of furan rings is 1. The van der Waals surface area contributed by atoms with Crippen molar-refractivity contribution in [3.8, 4) is 11.3 Å². The maximum absolute atomic E-state index is 13.3. The third kappa shape index (κ3) is 5.93. The summed E-state index contributed by atoms with van der Waals surface area (Å²) in [5, 5.41) is 0. The Morgan fingerprint density at radius 3 is 2.12 bits per heavy atom. The van der Waals surface area contributed by atoms with E-state index >= 15 is 0 Å². The Morgan fingerprint density at radius 1 is 0.906 bits per heavy atom. The van der Waals surface area contributed by atoms with Crippen molar-refractivity contribution < 1.29 is 9.21 Å². The highest BCUT2D eigenvalue weighted by molar-refractivity contribution is 8.26. The number of amides is 1. The van der Waals surface area contributed by atoms with Crippen molar-refractivity contribution in [3.63, 3.8) is 0 Å². The minimum absolute atomic E-state index is 0.0466. The molecule has 0 radical (unpaired) electrons. The van der Waals surface area contributed by atoms with Crippen molar-refractivity contribution in [3.05, 3.63) is 52.6 Å². The van der Waals surface area contributed by atoms with E-state index in [2.05, 4.69) is 31.2 Å². The van der Waals surface area contributed by atoms with Crippen molar-refractivity contribution in [2.24, 2.45) is 0 Å². The van der Waals surface area contributed by atoms with Gasteiger partial charge in [0.1, 0.15) is 15.8 Å². The molecule has 0 N–H and O–H groups in total. The zero-order valence-corrected chi connectivity index (χ0v) is 20.6. The molecule has 1 saturated heterocycles. The van der Waals surface area contributed by atoms with E-state index in [1.165, 1.54) is 75.1 Å². The predicted octanol–water partition coefficient (Wildman–Crippen LogP) is 8.13. The maximum Gasteiger partial charge on any atom is 0.266 e. The molecule has 3 nitrogen and oxygen atoms in total. The Labute approximate surface area is 201 Å². The van der Waals surface area contributed by atoms with E-state index in [-0.39, 0.29) is 11.9 Å². The first-order valence-corrected chi connectivity index (χ1v) is 13.3. The quantitative estimate of drug-likeness (QED) is 0.337. The number of carbonyl (C=O) groups is 1. The lowest BCUT2D eigenvalue weighted by molar-refractivity contribution is -0.123. The van der Waals surface area contributed by atoms with Gasteiger partial charge in [-0.1, -0.05) is 112 Å². The monoisotopic (exact) mass is 467 g/mol. The molecule has 1 aliphatic carbocycles. The Balaban J connectivity index is 1.46. The van der Waals surface area contributed by atoms with Gasteiger partial charge in [0.15, 0.2) is 0 Å². The first kappa shape index (κ1) is 23.3. The number of thioether (sulfide) groups is 1. The summed E-state index contributed by atoms with van der Waals surface area (Å²) < 4.78 is 6.72. The molecule has 4 rings (SSSR count). The van der Waals surface area contributed by atoms with E-state index in [0.717, 1.165) is 24.2 Å². The Hall–Kier alpha value is -1.85. The molecule has 1 saturated carbocycles. The van der Waals surface area contributed by atoms with Gasteiger partial charge in [-0.25, -0.2) is 0 Å². The summed E-state index contributed by atoms with van der Waals surface area (Å²) >= 11 is 7.08. The lowest BCUT2D eigenvalue weighted by Crippen LogP contribution is -2.38. The number of thiocarbonyl (C=S) groups is 1. The van der Waals surface area contributed by atoms with Crippen LogP contribution in [0.5, 0.6) is 0 Å². The van der Waals surface area contributed by atoms with Gasteiger partial charge in [-0.05, 0) is 31.9 Å². The van der Waals surface area contributed by atoms with Gasteiger partial charge in [-0.2, -0.15) is 0 Å². The molecule has 1 aliphatic heterocycles. The minimum atomic E-state index is 0.0466. The Kier molecular flexibility index (Phi) is 8.26. The van der Waals surface area contributed by atoms with Gasteiger partial charge in [0, 0.05) is 17.7 Å². The summed E-state index contributed by atoms with van der Waals surface area (Å²) in [5.41, 5.74) is 2.26. The smallest absolute Gasteiger partial charge is 0.266 e. The molecule has 2 fully saturated rings. The summed E-state index contributed by atoms with van der Waals surface area (Å²) in [6.07, 6.45) is 15.5. The molecular weight excluding hydrogens is 434 g/mol. The molecule has 5 heteroatoms. The van der Waals surface area contributed by atoms with E-state index in [0.29, 0.717) is 15.0 Å². The second-order valence-corrected chi connectivity index (χ2v) is 10.7. The molecule has 1 amide bonds. The fraction of sp³-hybridized carbons (Fsp3) is 0.481. The number of rotatable bonds is 3. The number of carbonyl (C=O) groups excluding carboxylic acids is 1. The van der Waals surface area contributed by atoms with Crippen molar-refractivity contribution in [1.29, 1.82) is 0 Å².